The largest absolute Gasteiger partial charge is 0.356 e. The molecule has 21 heavy (non-hydrogen) atoms. The van der Waals surface area contributed by atoms with E-state index in [4.69, 9.17) is 11.6 Å². The van der Waals surface area contributed by atoms with Crippen molar-refractivity contribution < 1.29 is 4.79 Å². The van der Waals surface area contributed by atoms with Crippen LogP contribution in [0.25, 0.3) is 0 Å². The molecule has 1 aliphatic rings. The van der Waals surface area contributed by atoms with Crippen molar-refractivity contribution in [3.05, 3.63) is 11.2 Å². The SMILES string of the molecule is CC(C)NC(=O)CSc1nc(Cl)cc(N2CCCCC2)n1. The van der Waals surface area contributed by atoms with Crippen LogP contribution in [-0.4, -0.2) is 40.8 Å². The van der Waals surface area contributed by atoms with Gasteiger partial charge in [0.2, 0.25) is 5.91 Å². The third-order valence-corrected chi connectivity index (χ3v) is 4.16. The molecule has 0 atom stereocenters. The summed E-state index contributed by atoms with van der Waals surface area (Å²) < 4.78 is 0. The number of nitrogens with zero attached hydrogens (tertiary/aromatic N) is 3. The van der Waals surface area contributed by atoms with Gasteiger partial charge in [-0.1, -0.05) is 23.4 Å². The number of carbonyl (C=O) groups excluding carboxylic acids is 1. The van der Waals surface area contributed by atoms with Crippen molar-refractivity contribution in [2.24, 2.45) is 0 Å². The van der Waals surface area contributed by atoms with Crippen molar-refractivity contribution in [2.45, 2.75) is 44.3 Å². The Labute approximate surface area is 134 Å². The molecule has 0 bridgehead atoms. The van der Waals surface area contributed by atoms with E-state index in [0.717, 1.165) is 18.9 Å². The van der Waals surface area contributed by atoms with E-state index in [-0.39, 0.29) is 11.9 Å². The van der Waals surface area contributed by atoms with Crippen molar-refractivity contribution in [1.29, 1.82) is 0 Å². The van der Waals surface area contributed by atoms with Crippen molar-refractivity contribution in [1.82, 2.24) is 15.3 Å². The molecule has 0 spiro atoms. The maximum Gasteiger partial charge on any atom is 0.230 e. The van der Waals surface area contributed by atoms with Gasteiger partial charge in [0.1, 0.15) is 11.0 Å². The highest BCUT2D eigenvalue weighted by Gasteiger charge is 2.15. The van der Waals surface area contributed by atoms with Crippen LogP contribution >= 0.6 is 23.4 Å². The Hall–Kier alpha value is -1.01. The van der Waals surface area contributed by atoms with Crippen LogP contribution in [-0.2, 0) is 4.79 Å². The minimum atomic E-state index is -0.0156. The van der Waals surface area contributed by atoms with Crippen molar-refractivity contribution in [2.75, 3.05) is 23.7 Å². The number of hydrogen-bond donors (Lipinski definition) is 1. The number of piperidine rings is 1. The van der Waals surface area contributed by atoms with Gasteiger partial charge >= 0.3 is 0 Å². The zero-order valence-electron chi connectivity index (χ0n) is 12.4. The Morgan fingerprint density at radius 2 is 2.10 bits per heavy atom. The fourth-order valence-corrected chi connectivity index (χ4v) is 3.12. The van der Waals surface area contributed by atoms with Crippen molar-refractivity contribution in [3.63, 3.8) is 0 Å². The summed E-state index contributed by atoms with van der Waals surface area (Å²) in [5.74, 6) is 1.15. The van der Waals surface area contributed by atoms with Crippen molar-refractivity contribution in [3.8, 4) is 0 Å². The fraction of sp³-hybridized carbons (Fsp3) is 0.643. The van der Waals surface area contributed by atoms with Gasteiger partial charge in [-0.3, -0.25) is 4.79 Å². The lowest BCUT2D eigenvalue weighted by molar-refractivity contribution is -0.119. The normalized spacial score (nSPS) is 15.3. The summed E-state index contributed by atoms with van der Waals surface area (Å²) in [6.45, 7) is 5.89. The Balaban J connectivity index is 1.99. The molecule has 1 fully saturated rings. The molecule has 0 aromatic carbocycles. The second-order valence-corrected chi connectivity index (χ2v) is 6.72. The van der Waals surface area contributed by atoms with Gasteiger partial charge in [0, 0.05) is 25.2 Å². The summed E-state index contributed by atoms with van der Waals surface area (Å²) in [6, 6.07) is 1.94. The summed E-state index contributed by atoms with van der Waals surface area (Å²) in [5, 5.41) is 3.83. The highest BCUT2D eigenvalue weighted by molar-refractivity contribution is 7.99. The second-order valence-electron chi connectivity index (χ2n) is 5.39. The number of amides is 1. The number of rotatable bonds is 5. The van der Waals surface area contributed by atoms with E-state index >= 15 is 0 Å². The molecule has 0 unspecified atom stereocenters. The van der Waals surface area contributed by atoms with Crippen LogP contribution in [0.5, 0.6) is 0 Å². The summed E-state index contributed by atoms with van der Waals surface area (Å²) in [7, 11) is 0. The van der Waals surface area contributed by atoms with E-state index in [2.05, 4.69) is 20.2 Å². The van der Waals surface area contributed by atoms with Crippen LogP contribution in [0.15, 0.2) is 11.2 Å². The Morgan fingerprint density at radius 3 is 2.76 bits per heavy atom. The fourth-order valence-electron chi connectivity index (χ4n) is 2.23. The molecule has 116 valence electrons. The summed E-state index contributed by atoms with van der Waals surface area (Å²) in [6.07, 6.45) is 3.63. The van der Waals surface area contributed by atoms with E-state index < -0.39 is 0 Å². The molecular weight excluding hydrogens is 308 g/mol. The first-order chi connectivity index (χ1) is 10.0. The minimum absolute atomic E-state index is 0.0156. The number of thioether (sulfide) groups is 1. The zero-order chi connectivity index (χ0) is 15.2. The van der Waals surface area contributed by atoms with E-state index in [1.54, 1.807) is 6.07 Å². The number of carbonyl (C=O) groups is 1. The first-order valence-electron chi connectivity index (χ1n) is 7.26. The average Bonchev–Trinajstić information content (AvgIpc) is 2.45. The highest BCUT2D eigenvalue weighted by atomic mass is 35.5. The first kappa shape index (κ1) is 16.4. The van der Waals surface area contributed by atoms with Gasteiger partial charge in [-0.2, -0.15) is 0 Å². The van der Waals surface area contributed by atoms with E-state index in [1.807, 2.05) is 13.8 Å². The number of halogens is 1. The van der Waals surface area contributed by atoms with Gasteiger partial charge < -0.3 is 10.2 Å². The second kappa shape index (κ2) is 7.84. The van der Waals surface area contributed by atoms with E-state index in [0.29, 0.717) is 16.1 Å². The van der Waals surface area contributed by atoms with Gasteiger partial charge in [-0.25, -0.2) is 9.97 Å². The molecule has 1 aliphatic heterocycles. The molecule has 0 saturated carbocycles. The molecule has 7 heteroatoms. The Kier molecular flexibility index (Phi) is 6.11. The third-order valence-electron chi connectivity index (χ3n) is 3.12. The van der Waals surface area contributed by atoms with E-state index in [1.165, 1.54) is 31.0 Å². The van der Waals surface area contributed by atoms with Gasteiger partial charge in [0.15, 0.2) is 5.16 Å². The maximum absolute atomic E-state index is 11.7. The van der Waals surface area contributed by atoms with Gasteiger partial charge in [-0.15, -0.1) is 0 Å². The van der Waals surface area contributed by atoms with Crippen LogP contribution in [0, 0.1) is 0 Å². The van der Waals surface area contributed by atoms with E-state index in [9.17, 15) is 4.79 Å². The van der Waals surface area contributed by atoms with Gasteiger partial charge in [0.05, 0.1) is 5.75 Å². The average molecular weight is 329 g/mol. The smallest absolute Gasteiger partial charge is 0.230 e. The van der Waals surface area contributed by atoms with Crippen LogP contribution in [0.2, 0.25) is 5.15 Å². The quantitative estimate of drug-likeness (QED) is 0.511. The Morgan fingerprint density at radius 1 is 1.38 bits per heavy atom. The lowest BCUT2D eigenvalue weighted by atomic mass is 10.1. The lowest BCUT2D eigenvalue weighted by Crippen LogP contribution is -2.31. The molecule has 1 saturated heterocycles. The van der Waals surface area contributed by atoms with Crippen LogP contribution in [0.3, 0.4) is 0 Å². The summed E-state index contributed by atoms with van der Waals surface area (Å²) >= 11 is 7.39. The third kappa shape index (κ3) is 5.36. The Bertz CT molecular complexity index is 492. The van der Waals surface area contributed by atoms with Crippen molar-refractivity contribution >= 4 is 35.1 Å². The predicted octanol–water partition coefficient (Wildman–Crippen LogP) is 2.74. The molecule has 5 nitrogen and oxygen atoms in total. The monoisotopic (exact) mass is 328 g/mol. The molecule has 1 aromatic rings. The predicted molar refractivity (Wildman–Crippen MR) is 87.1 cm³/mol. The number of anilines is 1. The molecule has 2 rings (SSSR count). The molecule has 1 N–H and O–H groups in total. The first-order valence-corrected chi connectivity index (χ1v) is 8.62. The maximum atomic E-state index is 11.7. The van der Waals surface area contributed by atoms with Gasteiger partial charge in [0.25, 0.3) is 0 Å². The summed E-state index contributed by atoms with van der Waals surface area (Å²) in [4.78, 5) is 22.6. The van der Waals surface area contributed by atoms with Crippen LogP contribution < -0.4 is 10.2 Å². The van der Waals surface area contributed by atoms with Gasteiger partial charge in [-0.05, 0) is 33.1 Å². The number of hydrogen-bond acceptors (Lipinski definition) is 5. The summed E-state index contributed by atoms with van der Waals surface area (Å²) in [5.41, 5.74) is 0. The van der Waals surface area contributed by atoms with Crippen LogP contribution in [0.4, 0.5) is 5.82 Å². The topological polar surface area (TPSA) is 58.1 Å². The number of nitrogens with one attached hydrogen (secondary N) is 1. The lowest BCUT2D eigenvalue weighted by Gasteiger charge is -2.27. The zero-order valence-corrected chi connectivity index (χ0v) is 14.0. The standard InChI is InChI=1S/C14H21ClN4OS/c1-10(2)16-13(20)9-21-14-17-11(15)8-12(18-14)19-6-4-3-5-7-19/h8,10H,3-7,9H2,1-2H3,(H,16,20). The molecular formula is C14H21ClN4OS. The minimum Gasteiger partial charge on any atom is -0.356 e. The molecule has 0 aliphatic carbocycles. The highest BCUT2D eigenvalue weighted by Crippen LogP contribution is 2.24. The molecule has 1 amide bonds. The molecule has 2 heterocycles. The molecule has 0 radical (unpaired) electrons. The molecule has 1 aromatic heterocycles. The van der Waals surface area contributed by atoms with Crippen LogP contribution in [0.1, 0.15) is 33.1 Å². The number of aromatic nitrogens is 2.